The van der Waals surface area contributed by atoms with Crippen molar-refractivity contribution in [2.75, 3.05) is 26.2 Å². The fourth-order valence-corrected chi connectivity index (χ4v) is 3.08. The van der Waals surface area contributed by atoms with Gasteiger partial charge in [-0.15, -0.1) is 0 Å². The second-order valence-electron chi connectivity index (χ2n) is 5.42. The Balaban J connectivity index is 1.67. The van der Waals surface area contributed by atoms with Crippen LogP contribution in [-0.2, 0) is 4.79 Å². The van der Waals surface area contributed by atoms with Crippen molar-refractivity contribution in [3.05, 3.63) is 0 Å². The summed E-state index contributed by atoms with van der Waals surface area (Å²) >= 11 is 0. The van der Waals surface area contributed by atoms with Gasteiger partial charge in [0.1, 0.15) is 5.54 Å². The molecule has 2 rings (SSSR count). The molecule has 17 heavy (non-hydrogen) atoms. The number of aliphatic carboxylic acids is 1. The fraction of sp³-hybridized carbons (Fsp3) is 0.923. The summed E-state index contributed by atoms with van der Waals surface area (Å²) in [5.74, 6) is -0.656. The van der Waals surface area contributed by atoms with Gasteiger partial charge in [0.05, 0.1) is 0 Å². The summed E-state index contributed by atoms with van der Waals surface area (Å²) in [6.45, 7) is 4.40. The molecule has 0 spiro atoms. The Labute approximate surface area is 103 Å². The highest BCUT2D eigenvalue weighted by molar-refractivity contribution is 5.79. The second-order valence-corrected chi connectivity index (χ2v) is 5.42. The Kier molecular flexibility index (Phi) is 4.40. The summed E-state index contributed by atoms with van der Waals surface area (Å²) in [6.07, 6.45) is 7.41. The Bertz CT molecular complexity index is 256. The smallest absolute Gasteiger partial charge is 0.323 e. The Morgan fingerprint density at radius 3 is 2.41 bits per heavy atom. The molecular formula is C13H24N2O2. The third-order valence-corrected chi connectivity index (χ3v) is 4.18. The molecule has 0 radical (unpaired) electrons. The summed E-state index contributed by atoms with van der Waals surface area (Å²) in [5.41, 5.74) is -0.606. The lowest BCUT2D eigenvalue weighted by atomic mass is 9.98. The summed E-state index contributed by atoms with van der Waals surface area (Å²) in [6, 6.07) is 0. The quantitative estimate of drug-likeness (QED) is 0.690. The molecule has 2 fully saturated rings. The largest absolute Gasteiger partial charge is 0.480 e. The van der Waals surface area contributed by atoms with Gasteiger partial charge in [-0.1, -0.05) is 12.8 Å². The van der Waals surface area contributed by atoms with Crippen molar-refractivity contribution >= 4 is 5.97 Å². The molecule has 1 aliphatic heterocycles. The van der Waals surface area contributed by atoms with Crippen molar-refractivity contribution < 1.29 is 9.90 Å². The van der Waals surface area contributed by atoms with Crippen LogP contribution >= 0.6 is 0 Å². The average molecular weight is 240 g/mol. The molecule has 1 saturated heterocycles. The van der Waals surface area contributed by atoms with E-state index < -0.39 is 11.5 Å². The predicted molar refractivity (Wildman–Crippen MR) is 67.1 cm³/mol. The minimum atomic E-state index is -0.656. The van der Waals surface area contributed by atoms with Crippen molar-refractivity contribution in [2.45, 2.75) is 50.5 Å². The van der Waals surface area contributed by atoms with Crippen molar-refractivity contribution in [1.82, 2.24) is 10.2 Å². The highest BCUT2D eigenvalue weighted by atomic mass is 16.4. The van der Waals surface area contributed by atoms with Crippen LogP contribution in [0, 0.1) is 0 Å². The van der Waals surface area contributed by atoms with Crippen LogP contribution in [0.4, 0.5) is 0 Å². The zero-order valence-electron chi connectivity index (χ0n) is 10.6. The minimum absolute atomic E-state index is 0.606. The first-order valence-corrected chi connectivity index (χ1v) is 6.94. The molecule has 0 aromatic carbocycles. The lowest BCUT2D eigenvalue weighted by molar-refractivity contribution is -0.144. The topological polar surface area (TPSA) is 52.6 Å². The number of carbonyl (C=O) groups is 1. The normalized spacial score (nSPS) is 24.2. The first kappa shape index (κ1) is 12.8. The van der Waals surface area contributed by atoms with Crippen LogP contribution in [0.25, 0.3) is 0 Å². The Morgan fingerprint density at radius 1 is 1.18 bits per heavy atom. The number of nitrogens with zero attached hydrogens (tertiary/aromatic N) is 1. The van der Waals surface area contributed by atoms with Crippen molar-refractivity contribution in [1.29, 1.82) is 0 Å². The van der Waals surface area contributed by atoms with Gasteiger partial charge < -0.3 is 15.3 Å². The highest BCUT2D eigenvalue weighted by Gasteiger charge is 2.40. The van der Waals surface area contributed by atoms with Crippen LogP contribution < -0.4 is 5.32 Å². The molecule has 98 valence electrons. The predicted octanol–water partition coefficient (Wildman–Crippen LogP) is 1.46. The van der Waals surface area contributed by atoms with Gasteiger partial charge in [-0.25, -0.2) is 0 Å². The first-order chi connectivity index (χ1) is 8.23. The van der Waals surface area contributed by atoms with E-state index in [0.29, 0.717) is 0 Å². The van der Waals surface area contributed by atoms with Gasteiger partial charge in [-0.3, -0.25) is 4.79 Å². The average Bonchev–Trinajstić information content (AvgIpc) is 2.96. The standard InChI is InChI=1S/C13H24N2O2/c16-12(17)13(6-1-2-7-13)14-8-5-11-15-9-3-4-10-15/h14H,1-11H2,(H,16,17). The minimum Gasteiger partial charge on any atom is -0.480 e. The van der Waals surface area contributed by atoms with Crippen molar-refractivity contribution in [3.63, 3.8) is 0 Å². The van der Waals surface area contributed by atoms with E-state index in [1.54, 1.807) is 0 Å². The third kappa shape index (κ3) is 3.19. The number of likely N-dealkylation sites (tertiary alicyclic amines) is 1. The van der Waals surface area contributed by atoms with Gasteiger partial charge in [-0.2, -0.15) is 0 Å². The van der Waals surface area contributed by atoms with Gasteiger partial charge in [0.2, 0.25) is 0 Å². The van der Waals surface area contributed by atoms with Crippen LogP contribution in [0.2, 0.25) is 0 Å². The molecule has 0 bridgehead atoms. The number of carboxylic acid groups (broad SMARTS) is 1. The van der Waals surface area contributed by atoms with Gasteiger partial charge in [0.25, 0.3) is 0 Å². The van der Waals surface area contributed by atoms with E-state index in [4.69, 9.17) is 0 Å². The summed E-state index contributed by atoms with van der Waals surface area (Å²) in [4.78, 5) is 13.8. The lowest BCUT2D eigenvalue weighted by Gasteiger charge is -2.26. The van der Waals surface area contributed by atoms with Crippen molar-refractivity contribution in [2.24, 2.45) is 0 Å². The molecule has 1 heterocycles. The Hall–Kier alpha value is -0.610. The van der Waals surface area contributed by atoms with Gasteiger partial charge in [0.15, 0.2) is 0 Å². The van der Waals surface area contributed by atoms with Crippen LogP contribution in [0.5, 0.6) is 0 Å². The molecule has 0 aromatic rings. The van der Waals surface area contributed by atoms with Gasteiger partial charge >= 0.3 is 5.97 Å². The maximum atomic E-state index is 11.3. The number of hydrogen-bond donors (Lipinski definition) is 2. The molecule has 2 aliphatic rings. The van der Waals surface area contributed by atoms with Gasteiger partial charge in [-0.05, 0) is 58.3 Å². The highest BCUT2D eigenvalue weighted by Crippen LogP contribution is 2.29. The van der Waals surface area contributed by atoms with E-state index >= 15 is 0 Å². The van der Waals surface area contributed by atoms with Crippen LogP contribution in [0.15, 0.2) is 0 Å². The maximum Gasteiger partial charge on any atom is 0.323 e. The van der Waals surface area contributed by atoms with E-state index in [9.17, 15) is 9.90 Å². The number of nitrogens with one attached hydrogen (secondary N) is 1. The summed E-state index contributed by atoms with van der Waals surface area (Å²) in [5, 5.41) is 12.6. The first-order valence-electron chi connectivity index (χ1n) is 6.94. The molecular weight excluding hydrogens is 216 g/mol. The zero-order chi connectivity index (χ0) is 12.1. The molecule has 2 N–H and O–H groups in total. The number of hydrogen-bond acceptors (Lipinski definition) is 3. The lowest BCUT2D eigenvalue weighted by Crippen LogP contribution is -2.50. The molecule has 1 saturated carbocycles. The third-order valence-electron chi connectivity index (χ3n) is 4.18. The van der Waals surface area contributed by atoms with Crippen molar-refractivity contribution in [3.8, 4) is 0 Å². The zero-order valence-corrected chi connectivity index (χ0v) is 10.6. The van der Waals surface area contributed by atoms with Gasteiger partial charge in [0, 0.05) is 0 Å². The van der Waals surface area contributed by atoms with E-state index in [-0.39, 0.29) is 0 Å². The van der Waals surface area contributed by atoms with Crippen LogP contribution in [-0.4, -0.2) is 47.7 Å². The molecule has 0 atom stereocenters. The number of carboxylic acids is 1. The SMILES string of the molecule is O=C(O)C1(NCCCN2CCCC2)CCCC1. The molecule has 4 heteroatoms. The fourth-order valence-electron chi connectivity index (χ4n) is 3.08. The molecule has 1 aliphatic carbocycles. The van der Waals surface area contributed by atoms with E-state index in [0.717, 1.165) is 45.2 Å². The monoisotopic (exact) mass is 240 g/mol. The summed E-state index contributed by atoms with van der Waals surface area (Å²) < 4.78 is 0. The molecule has 4 nitrogen and oxygen atoms in total. The maximum absolute atomic E-state index is 11.3. The van der Waals surface area contributed by atoms with E-state index in [2.05, 4.69) is 10.2 Å². The second kappa shape index (κ2) is 5.83. The molecule has 0 unspecified atom stereocenters. The molecule has 0 aromatic heterocycles. The summed E-state index contributed by atoms with van der Waals surface area (Å²) in [7, 11) is 0. The molecule has 0 amide bonds. The van der Waals surface area contributed by atoms with E-state index in [1.165, 1.54) is 25.9 Å². The van der Waals surface area contributed by atoms with Crippen LogP contribution in [0.1, 0.15) is 44.9 Å². The Morgan fingerprint density at radius 2 is 1.82 bits per heavy atom. The van der Waals surface area contributed by atoms with E-state index in [1.807, 2.05) is 0 Å². The number of rotatable bonds is 6. The van der Waals surface area contributed by atoms with Crippen LogP contribution in [0.3, 0.4) is 0 Å².